The van der Waals surface area contributed by atoms with Crippen LogP contribution in [0.3, 0.4) is 0 Å². The summed E-state index contributed by atoms with van der Waals surface area (Å²) in [6.07, 6.45) is 6.77. The van der Waals surface area contributed by atoms with Crippen molar-refractivity contribution in [1.29, 1.82) is 0 Å². The molecule has 0 atom stereocenters. The van der Waals surface area contributed by atoms with Crippen molar-refractivity contribution in [1.82, 2.24) is 4.98 Å². The molecule has 2 rings (SSSR count). The smallest absolute Gasteiger partial charge is 0.303 e. The van der Waals surface area contributed by atoms with Crippen LogP contribution >= 0.6 is 0 Å². The number of carboxylic acid groups (broad SMARTS) is 1. The first-order chi connectivity index (χ1) is 11.6. The van der Waals surface area contributed by atoms with E-state index in [9.17, 15) is 4.79 Å². The molecular formula is C19H24N2O3. The van der Waals surface area contributed by atoms with Gasteiger partial charge >= 0.3 is 5.97 Å². The fraction of sp³-hybridized carbons (Fsp3) is 0.368. The number of unbranched alkanes of at least 4 members (excludes halogenated alkanes) is 2. The van der Waals surface area contributed by atoms with Gasteiger partial charge in [-0.15, -0.1) is 0 Å². The topological polar surface area (TPSA) is 71.5 Å². The van der Waals surface area contributed by atoms with Gasteiger partial charge in [0.2, 0.25) is 0 Å². The molecule has 128 valence electrons. The minimum Gasteiger partial charge on any atom is -0.497 e. The fourth-order valence-electron chi connectivity index (χ4n) is 2.42. The average molecular weight is 328 g/mol. The third kappa shape index (κ3) is 5.57. The van der Waals surface area contributed by atoms with Crippen LogP contribution in [-0.4, -0.2) is 29.7 Å². The van der Waals surface area contributed by atoms with Crippen LogP contribution in [0.25, 0.3) is 10.9 Å². The van der Waals surface area contributed by atoms with Gasteiger partial charge in [-0.3, -0.25) is 9.78 Å². The standard InChI is InChI=1S/C19H24N2O3/c1-14(6-4-3-5-7-19(22)23)12-20-16-10-15-11-17(24-2)8-9-18(15)21-13-16/h6,8-11,13,20H,3-5,7,12H2,1-2H3,(H,22,23). The predicted molar refractivity (Wildman–Crippen MR) is 96.6 cm³/mol. The van der Waals surface area contributed by atoms with Gasteiger partial charge in [0.1, 0.15) is 5.75 Å². The molecule has 1 heterocycles. The Balaban J connectivity index is 1.86. The van der Waals surface area contributed by atoms with E-state index in [4.69, 9.17) is 9.84 Å². The second-order valence-electron chi connectivity index (χ2n) is 5.83. The van der Waals surface area contributed by atoms with E-state index in [1.54, 1.807) is 7.11 Å². The Morgan fingerprint density at radius 1 is 1.33 bits per heavy atom. The van der Waals surface area contributed by atoms with E-state index < -0.39 is 5.97 Å². The van der Waals surface area contributed by atoms with Crippen molar-refractivity contribution in [3.05, 3.63) is 42.1 Å². The van der Waals surface area contributed by atoms with E-state index in [0.717, 1.165) is 48.1 Å². The number of carbonyl (C=O) groups is 1. The average Bonchev–Trinajstić information content (AvgIpc) is 2.58. The molecule has 0 bridgehead atoms. The van der Waals surface area contributed by atoms with Gasteiger partial charge in [-0.1, -0.05) is 11.6 Å². The highest BCUT2D eigenvalue weighted by molar-refractivity contribution is 5.83. The number of benzene rings is 1. The SMILES string of the molecule is COc1ccc2ncc(NCC(C)=CCCCCC(=O)O)cc2c1. The monoisotopic (exact) mass is 328 g/mol. The van der Waals surface area contributed by atoms with Gasteiger partial charge < -0.3 is 15.2 Å². The lowest BCUT2D eigenvalue weighted by Gasteiger charge is -2.08. The molecular weight excluding hydrogens is 304 g/mol. The van der Waals surface area contributed by atoms with Crippen LogP contribution in [0.2, 0.25) is 0 Å². The number of methoxy groups -OCH3 is 1. The van der Waals surface area contributed by atoms with Gasteiger partial charge in [0, 0.05) is 18.4 Å². The molecule has 1 aromatic carbocycles. The van der Waals surface area contributed by atoms with Crippen LogP contribution in [-0.2, 0) is 4.79 Å². The van der Waals surface area contributed by atoms with E-state index in [-0.39, 0.29) is 6.42 Å². The second kappa shape index (κ2) is 8.91. The summed E-state index contributed by atoms with van der Waals surface area (Å²) in [6.45, 7) is 2.82. The van der Waals surface area contributed by atoms with Gasteiger partial charge in [0.25, 0.3) is 0 Å². The highest BCUT2D eigenvalue weighted by atomic mass is 16.5. The number of hydrogen-bond donors (Lipinski definition) is 2. The third-order valence-corrected chi connectivity index (χ3v) is 3.80. The fourth-order valence-corrected chi connectivity index (χ4v) is 2.42. The summed E-state index contributed by atoms with van der Waals surface area (Å²) in [4.78, 5) is 14.9. The molecule has 0 spiro atoms. The van der Waals surface area contributed by atoms with Crippen molar-refractivity contribution < 1.29 is 14.6 Å². The first kappa shape index (κ1) is 17.8. The van der Waals surface area contributed by atoms with E-state index in [0.29, 0.717) is 0 Å². The highest BCUT2D eigenvalue weighted by Crippen LogP contribution is 2.22. The van der Waals surface area contributed by atoms with Crippen LogP contribution in [0, 0.1) is 0 Å². The molecule has 5 nitrogen and oxygen atoms in total. The lowest BCUT2D eigenvalue weighted by atomic mass is 10.1. The summed E-state index contributed by atoms with van der Waals surface area (Å²) >= 11 is 0. The van der Waals surface area contributed by atoms with Gasteiger partial charge in [-0.2, -0.15) is 0 Å². The van der Waals surface area contributed by atoms with Crippen molar-refractivity contribution in [2.75, 3.05) is 19.0 Å². The Bertz CT molecular complexity index is 726. The molecule has 0 aliphatic heterocycles. The first-order valence-corrected chi connectivity index (χ1v) is 8.13. The number of ether oxygens (including phenoxy) is 1. The van der Waals surface area contributed by atoms with Gasteiger partial charge in [0.05, 0.1) is 24.5 Å². The van der Waals surface area contributed by atoms with Crippen molar-refractivity contribution >= 4 is 22.6 Å². The maximum absolute atomic E-state index is 10.4. The number of nitrogens with one attached hydrogen (secondary N) is 1. The Kier molecular flexibility index (Phi) is 6.61. The van der Waals surface area contributed by atoms with Gasteiger partial charge in [-0.05, 0) is 50.5 Å². The molecule has 1 aromatic heterocycles. The summed E-state index contributed by atoms with van der Waals surface area (Å²) < 4.78 is 5.25. The molecule has 0 saturated heterocycles. The Labute approximate surface area is 142 Å². The number of allylic oxidation sites excluding steroid dienone is 1. The number of nitrogens with zero attached hydrogens (tertiary/aromatic N) is 1. The Morgan fingerprint density at radius 2 is 2.17 bits per heavy atom. The molecule has 24 heavy (non-hydrogen) atoms. The molecule has 5 heteroatoms. The quantitative estimate of drug-likeness (QED) is 0.532. The van der Waals surface area contributed by atoms with Gasteiger partial charge in [0.15, 0.2) is 0 Å². The molecule has 2 aromatic rings. The van der Waals surface area contributed by atoms with Crippen molar-refractivity contribution in [2.45, 2.75) is 32.6 Å². The summed E-state index contributed by atoms with van der Waals surface area (Å²) in [6, 6.07) is 7.88. The summed E-state index contributed by atoms with van der Waals surface area (Å²) in [7, 11) is 1.65. The number of fused-ring (bicyclic) bond motifs is 1. The summed E-state index contributed by atoms with van der Waals surface area (Å²) in [5, 5.41) is 13.0. The van der Waals surface area contributed by atoms with Crippen LogP contribution in [0.5, 0.6) is 5.75 Å². The van der Waals surface area contributed by atoms with E-state index >= 15 is 0 Å². The lowest BCUT2D eigenvalue weighted by molar-refractivity contribution is -0.137. The molecule has 0 radical (unpaired) electrons. The molecule has 0 saturated carbocycles. The van der Waals surface area contributed by atoms with E-state index in [1.165, 1.54) is 5.57 Å². The van der Waals surface area contributed by atoms with Crippen molar-refractivity contribution in [3.8, 4) is 5.75 Å². The van der Waals surface area contributed by atoms with E-state index in [1.807, 2.05) is 24.4 Å². The second-order valence-corrected chi connectivity index (χ2v) is 5.83. The number of carboxylic acids is 1. The number of pyridine rings is 1. The highest BCUT2D eigenvalue weighted by Gasteiger charge is 2.00. The molecule has 0 amide bonds. The maximum atomic E-state index is 10.4. The zero-order valence-electron chi connectivity index (χ0n) is 14.2. The summed E-state index contributed by atoms with van der Waals surface area (Å²) in [5.74, 6) is 0.0942. The molecule has 0 aliphatic carbocycles. The minimum absolute atomic E-state index is 0.247. The number of rotatable bonds is 9. The number of anilines is 1. The van der Waals surface area contributed by atoms with Crippen molar-refractivity contribution in [2.24, 2.45) is 0 Å². The summed E-state index contributed by atoms with van der Waals surface area (Å²) in [5.41, 5.74) is 3.14. The molecule has 0 aliphatic rings. The minimum atomic E-state index is -0.724. The number of aliphatic carboxylic acids is 1. The molecule has 0 unspecified atom stereocenters. The lowest BCUT2D eigenvalue weighted by Crippen LogP contribution is -2.03. The maximum Gasteiger partial charge on any atom is 0.303 e. The third-order valence-electron chi connectivity index (χ3n) is 3.80. The Hall–Kier alpha value is -2.56. The van der Waals surface area contributed by atoms with E-state index in [2.05, 4.69) is 29.4 Å². The van der Waals surface area contributed by atoms with Crippen LogP contribution in [0.15, 0.2) is 42.1 Å². The zero-order chi connectivity index (χ0) is 17.4. The van der Waals surface area contributed by atoms with Crippen LogP contribution in [0.1, 0.15) is 32.6 Å². The predicted octanol–water partition coefficient (Wildman–Crippen LogP) is 4.25. The number of hydrogen-bond acceptors (Lipinski definition) is 4. The Morgan fingerprint density at radius 3 is 2.92 bits per heavy atom. The molecule has 0 fully saturated rings. The van der Waals surface area contributed by atoms with Gasteiger partial charge in [-0.25, -0.2) is 0 Å². The van der Waals surface area contributed by atoms with Crippen LogP contribution < -0.4 is 10.1 Å². The van der Waals surface area contributed by atoms with Crippen LogP contribution in [0.4, 0.5) is 5.69 Å². The first-order valence-electron chi connectivity index (χ1n) is 8.13. The zero-order valence-corrected chi connectivity index (χ0v) is 14.2. The normalized spacial score (nSPS) is 11.5. The number of aromatic nitrogens is 1. The molecule has 2 N–H and O–H groups in total. The largest absolute Gasteiger partial charge is 0.497 e. The van der Waals surface area contributed by atoms with Crippen molar-refractivity contribution in [3.63, 3.8) is 0 Å².